The van der Waals surface area contributed by atoms with Gasteiger partial charge in [-0.25, -0.2) is 4.39 Å². The van der Waals surface area contributed by atoms with Gasteiger partial charge in [-0.2, -0.15) is 0 Å². The zero-order valence-corrected chi connectivity index (χ0v) is 28.0. The van der Waals surface area contributed by atoms with Crippen molar-refractivity contribution in [2.75, 3.05) is 6.44 Å². The van der Waals surface area contributed by atoms with Gasteiger partial charge in [0.05, 0.1) is 23.7 Å². The van der Waals surface area contributed by atoms with E-state index >= 15 is 0 Å². The van der Waals surface area contributed by atoms with Crippen molar-refractivity contribution >= 4 is 30.7 Å². The number of amides is 4. The number of carbonyl (C=O) groups excluding carboxylic acids is 4. The molecule has 2 unspecified atom stereocenters. The van der Waals surface area contributed by atoms with Crippen LogP contribution in [0.15, 0.2) is 54.6 Å². The SMILES string of the molecule is CC(C)[C@H](NC(=O)c1ccccc1F)C(=O)N[C@@H](Cc1ccccc1)C(=O)N[C@@H](C)C(=O)NCB1O[C@@H]2CC3CC(C3(C)C)[C@]2(C)O1. The van der Waals surface area contributed by atoms with E-state index in [9.17, 15) is 23.6 Å². The van der Waals surface area contributed by atoms with E-state index < -0.39 is 54.7 Å². The van der Waals surface area contributed by atoms with E-state index in [1.165, 1.54) is 24.3 Å². The maximum Gasteiger partial charge on any atom is 0.478 e. The lowest BCUT2D eigenvalue weighted by atomic mass is 9.43. The number of halogens is 1. The van der Waals surface area contributed by atoms with Crippen molar-refractivity contribution in [2.24, 2.45) is 23.2 Å². The first-order valence-corrected chi connectivity index (χ1v) is 16.5. The summed E-state index contributed by atoms with van der Waals surface area (Å²) in [5.74, 6) is -2.41. The number of rotatable bonds is 12. The molecule has 6 rings (SSSR count). The van der Waals surface area contributed by atoms with E-state index in [0.29, 0.717) is 11.8 Å². The Morgan fingerprint density at radius 1 is 0.894 bits per heavy atom. The summed E-state index contributed by atoms with van der Waals surface area (Å²) in [6.07, 6.45) is 2.34. The van der Waals surface area contributed by atoms with Gasteiger partial charge in [0.25, 0.3) is 5.91 Å². The molecule has 0 aromatic heterocycles. The fourth-order valence-electron chi connectivity index (χ4n) is 7.47. The fraction of sp³-hybridized carbons (Fsp3) is 0.543. The summed E-state index contributed by atoms with van der Waals surface area (Å²) in [5.41, 5.74) is 0.413. The molecule has 12 heteroatoms. The van der Waals surface area contributed by atoms with Crippen LogP contribution in [-0.4, -0.2) is 67.0 Å². The highest BCUT2D eigenvalue weighted by atomic mass is 19.1. The normalized spacial score (nSPS) is 25.9. The lowest BCUT2D eigenvalue weighted by molar-refractivity contribution is -0.199. The largest absolute Gasteiger partial charge is 0.478 e. The molecule has 4 fully saturated rings. The van der Waals surface area contributed by atoms with E-state index in [1.54, 1.807) is 20.8 Å². The van der Waals surface area contributed by atoms with Gasteiger partial charge in [-0.05, 0) is 67.6 Å². The van der Waals surface area contributed by atoms with Gasteiger partial charge in [-0.3, -0.25) is 19.2 Å². The predicted octanol–water partition coefficient (Wildman–Crippen LogP) is 3.20. The van der Waals surface area contributed by atoms with E-state index in [4.69, 9.17) is 9.31 Å². The average Bonchev–Trinajstić information content (AvgIpc) is 3.38. The average molecular weight is 649 g/mol. The molecule has 2 aromatic rings. The van der Waals surface area contributed by atoms with Crippen LogP contribution >= 0.6 is 0 Å². The van der Waals surface area contributed by atoms with E-state index in [2.05, 4.69) is 42.0 Å². The molecule has 2 aromatic carbocycles. The van der Waals surface area contributed by atoms with Gasteiger partial charge in [0.2, 0.25) is 17.7 Å². The Bertz CT molecular complexity index is 1490. The van der Waals surface area contributed by atoms with Crippen molar-refractivity contribution in [1.82, 2.24) is 21.3 Å². The molecule has 3 saturated carbocycles. The van der Waals surface area contributed by atoms with Crippen LogP contribution in [-0.2, 0) is 30.1 Å². The van der Waals surface area contributed by atoms with Crippen LogP contribution in [0.1, 0.15) is 70.3 Å². The van der Waals surface area contributed by atoms with Crippen LogP contribution in [0.25, 0.3) is 0 Å². The van der Waals surface area contributed by atoms with E-state index in [0.717, 1.165) is 18.4 Å². The molecule has 4 amide bonds. The third kappa shape index (κ3) is 7.23. The monoisotopic (exact) mass is 648 g/mol. The minimum absolute atomic E-state index is 0.00757. The van der Waals surface area contributed by atoms with E-state index in [1.807, 2.05) is 30.3 Å². The molecule has 4 N–H and O–H groups in total. The maximum absolute atomic E-state index is 14.3. The highest BCUT2D eigenvalue weighted by Gasteiger charge is 2.67. The molecule has 7 atom stereocenters. The first-order chi connectivity index (χ1) is 22.2. The number of carbonyl (C=O) groups is 4. The van der Waals surface area contributed by atoms with Crippen LogP contribution in [0.5, 0.6) is 0 Å². The summed E-state index contributed by atoms with van der Waals surface area (Å²) in [6, 6.07) is 11.6. The third-order valence-corrected chi connectivity index (χ3v) is 10.5. The Hall–Kier alpha value is -3.77. The summed E-state index contributed by atoms with van der Waals surface area (Å²) in [7, 11) is -0.579. The molecule has 3 aliphatic carbocycles. The Labute approximate surface area is 276 Å². The Morgan fingerprint density at radius 2 is 1.57 bits per heavy atom. The van der Waals surface area contributed by atoms with Gasteiger partial charge in [-0.1, -0.05) is 70.2 Å². The topological polar surface area (TPSA) is 135 Å². The van der Waals surface area contributed by atoms with Crippen molar-refractivity contribution in [3.8, 4) is 0 Å². The smallest absolute Gasteiger partial charge is 0.404 e. The second kappa shape index (κ2) is 13.8. The molecule has 1 aliphatic heterocycles. The molecule has 1 heterocycles. The summed E-state index contributed by atoms with van der Waals surface area (Å²) in [5, 5.41) is 10.9. The minimum Gasteiger partial charge on any atom is -0.404 e. The summed E-state index contributed by atoms with van der Waals surface area (Å²) >= 11 is 0. The van der Waals surface area contributed by atoms with Crippen LogP contribution in [0.2, 0.25) is 0 Å². The Kier molecular flexibility index (Phi) is 10.1. The lowest BCUT2D eigenvalue weighted by Gasteiger charge is -2.64. The number of nitrogens with one attached hydrogen (secondary N) is 4. The highest BCUT2D eigenvalue weighted by Crippen LogP contribution is 2.65. The highest BCUT2D eigenvalue weighted by molar-refractivity contribution is 6.46. The fourth-order valence-corrected chi connectivity index (χ4v) is 7.47. The van der Waals surface area contributed by atoms with E-state index in [-0.39, 0.29) is 41.5 Å². The van der Waals surface area contributed by atoms with Gasteiger partial charge in [0.1, 0.15) is 23.9 Å². The second-order valence-electron chi connectivity index (χ2n) is 14.3. The molecular formula is C35H46BFN4O6. The molecule has 1 saturated heterocycles. The predicted molar refractivity (Wildman–Crippen MR) is 175 cm³/mol. The first kappa shape index (κ1) is 34.6. The van der Waals surface area contributed by atoms with Gasteiger partial charge in [0, 0.05) is 6.42 Å². The zero-order valence-electron chi connectivity index (χ0n) is 28.0. The van der Waals surface area contributed by atoms with Gasteiger partial charge >= 0.3 is 7.12 Å². The minimum atomic E-state index is -1.06. The van der Waals surface area contributed by atoms with Crippen molar-refractivity contribution in [3.63, 3.8) is 0 Å². The molecule has 2 bridgehead atoms. The molecular weight excluding hydrogens is 602 g/mol. The zero-order chi connectivity index (χ0) is 34.1. The molecule has 4 aliphatic rings. The molecule has 0 radical (unpaired) electrons. The Balaban J connectivity index is 1.19. The van der Waals surface area contributed by atoms with Crippen molar-refractivity contribution in [3.05, 3.63) is 71.5 Å². The lowest BCUT2D eigenvalue weighted by Crippen LogP contribution is -2.65. The number of hydrogen-bond donors (Lipinski definition) is 4. The Morgan fingerprint density at radius 3 is 2.23 bits per heavy atom. The molecule has 10 nitrogen and oxygen atoms in total. The number of hydrogen-bond acceptors (Lipinski definition) is 6. The maximum atomic E-state index is 14.3. The second-order valence-corrected chi connectivity index (χ2v) is 14.3. The summed E-state index contributed by atoms with van der Waals surface area (Å²) in [4.78, 5) is 53.0. The number of benzene rings is 2. The molecule has 252 valence electrons. The standard InChI is InChI=1S/C35H46BFN4O6/c1-20(2)29(41-31(43)24-14-10-11-15-25(24)37)33(45)40-26(16-22-12-8-7-9-13-22)32(44)39-21(3)30(42)38-19-36-46-28-18-23-17-27(34(23,4)5)35(28,6)47-36/h7-15,20-21,23,26-29H,16-19H2,1-6H3,(H,38,42)(H,39,44)(H,40,45)(H,41,43)/t21-,23?,26-,27?,28+,29-,35-/m0/s1. The van der Waals surface area contributed by atoms with Crippen LogP contribution < -0.4 is 21.3 Å². The van der Waals surface area contributed by atoms with Crippen molar-refractivity contribution in [1.29, 1.82) is 0 Å². The van der Waals surface area contributed by atoms with Crippen LogP contribution in [0.3, 0.4) is 0 Å². The quantitative estimate of drug-likeness (QED) is 0.261. The molecule has 47 heavy (non-hydrogen) atoms. The molecule has 0 spiro atoms. The van der Waals surface area contributed by atoms with Crippen LogP contribution in [0, 0.1) is 29.0 Å². The van der Waals surface area contributed by atoms with Crippen molar-refractivity contribution in [2.45, 2.75) is 90.6 Å². The van der Waals surface area contributed by atoms with Gasteiger partial charge in [0.15, 0.2) is 0 Å². The summed E-state index contributed by atoms with van der Waals surface area (Å²) < 4.78 is 26.8. The first-order valence-electron chi connectivity index (χ1n) is 16.5. The van der Waals surface area contributed by atoms with Crippen LogP contribution in [0.4, 0.5) is 4.39 Å². The van der Waals surface area contributed by atoms with Gasteiger partial charge in [-0.15, -0.1) is 0 Å². The van der Waals surface area contributed by atoms with Crippen molar-refractivity contribution < 1.29 is 32.9 Å². The third-order valence-electron chi connectivity index (χ3n) is 10.5. The summed E-state index contributed by atoms with van der Waals surface area (Å²) in [6.45, 7) is 11.7. The van der Waals surface area contributed by atoms with Gasteiger partial charge < -0.3 is 30.6 Å².